The minimum Gasteiger partial charge on any atom is -0.493 e. The van der Waals surface area contributed by atoms with Gasteiger partial charge in [0.2, 0.25) is 5.91 Å². The Bertz CT molecular complexity index is 818. The maximum Gasteiger partial charge on any atom is 0.231 e. The normalized spacial score (nSPS) is 15.7. The Labute approximate surface area is 174 Å². The predicted molar refractivity (Wildman–Crippen MR) is 117 cm³/mol. The first kappa shape index (κ1) is 21.2. The molecule has 5 heteroatoms. The number of benzene rings is 2. The molecule has 0 saturated heterocycles. The first-order valence-electron chi connectivity index (χ1n) is 10.6. The van der Waals surface area contributed by atoms with Crippen LogP contribution in [0.1, 0.15) is 43.7 Å². The molecule has 5 nitrogen and oxygen atoms in total. The van der Waals surface area contributed by atoms with Crippen LogP contribution in [-0.2, 0) is 11.2 Å². The smallest absolute Gasteiger partial charge is 0.231 e. The van der Waals surface area contributed by atoms with Crippen molar-refractivity contribution in [2.45, 2.75) is 39.0 Å². The monoisotopic (exact) mass is 396 g/mol. The predicted octanol–water partition coefficient (Wildman–Crippen LogP) is 4.47. The number of carbonyl (C=O) groups excluding carboxylic acids is 1. The summed E-state index contributed by atoms with van der Waals surface area (Å²) in [6.07, 6.45) is 2.97. The number of methoxy groups -OCH3 is 1. The second kappa shape index (κ2) is 10.3. The van der Waals surface area contributed by atoms with E-state index in [2.05, 4.69) is 36.2 Å². The van der Waals surface area contributed by atoms with Gasteiger partial charge in [0, 0.05) is 18.3 Å². The third-order valence-electron chi connectivity index (χ3n) is 5.68. The van der Waals surface area contributed by atoms with Gasteiger partial charge in [-0.25, -0.2) is 0 Å². The van der Waals surface area contributed by atoms with Gasteiger partial charge in [0.1, 0.15) is 6.61 Å². The van der Waals surface area contributed by atoms with E-state index in [-0.39, 0.29) is 11.8 Å². The maximum absolute atomic E-state index is 13.0. The molecule has 0 aliphatic heterocycles. The van der Waals surface area contributed by atoms with E-state index >= 15 is 0 Å². The SMILES string of the molecule is CCN(CC)CCOc1cc(NC(=O)C2CCCc3ccccc32)ccc1OC. The average molecular weight is 397 g/mol. The molecule has 0 bridgehead atoms. The van der Waals surface area contributed by atoms with Gasteiger partial charge >= 0.3 is 0 Å². The summed E-state index contributed by atoms with van der Waals surface area (Å²) in [5.74, 6) is 1.26. The molecular formula is C24H32N2O3. The van der Waals surface area contributed by atoms with Crippen LogP contribution in [-0.4, -0.2) is 44.2 Å². The molecule has 0 fully saturated rings. The van der Waals surface area contributed by atoms with Crippen LogP contribution in [0.5, 0.6) is 11.5 Å². The molecule has 0 aromatic heterocycles. The highest BCUT2D eigenvalue weighted by molar-refractivity contribution is 5.96. The molecule has 0 radical (unpaired) electrons. The summed E-state index contributed by atoms with van der Waals surface area (Å²) in [5.41, 5.74) is 3.17. The maximum atomic E-state index is 13.0. The van der Waals surface area contributed by atoms with Crippen molar-refractivity contribution in [2.75, 3.05) is 38.7 Å². The van der Waals surface area contributed by atoms with Crippen molar-refractivity contribution in [3.05, 3.63) is 53.6 Å². The Hall–Kier alpha value is -2.53. The van der Waals surface area contributed by atoms with Gasteiger partial charge in [0.15, 0.2) is 11.5 Å². The fourth-order valence-corrected chi connectivity index (χ4v) is 3.95. The number of amides is 1. The van der Waals surface area contributed by atoms with Gasteiger partial charge in [0.25, 0.3) is 0 Å². The van der Waals surface area contributed by atoms with E-state index in [9.17, 15) is 4.79 Å². The van der Waals surface area contributed by atoms with Crippen molar-refractivity contribution in [1.29, 1.82) is 0 Å². The lowest BCUT2D eigenvalue weighted by Crippen LogP contribution is -2.28. The number of aryl methyl sites for hydroxylation is 1. The Morgan fingerprint density at radius 1 is 1.14 bits per heavy atom. The van der Waals surface area contributed by atoms with E-state index in [1.54, 1.807) is 7.11 Å². The second-order valence-corrected chi connectivity index (χ2v) is 7.37. The zero-order chi connectivity index (χ0) is 20.6. The molecule has 1 unspecified atom stereocenters. The highest BCUT2D eigenvalue weighted by atomic mass is 16.5. The van der Waals surface area contributed by atoms with E-state index in [4.69, 9.17) is 9.47 Å². The number of ether oxygens (including phenoxy) is 2. The molecule has 2 aromatic rings. The number of rotatable bonds is 9. The van der Waals surface area contributed by atoms with Crippen molar-refractivity contribution in [2.24, 2.45) is 0 Å². The Kier molecular flexibility index (Phi) is 7.53. The molecule has 1 amide bonds. The van der Waals surface area contributed by atoms with Crippen molar-refractivity contribution in [3.8, 4) is 11.5 Å². The molecule has 1 atom stereocenters. The third kappa shape index (κ3) is 5.30. The molecule has 1 aliphatic carbocycles. The molecule has 0 heterocycles. The zero-order valence-corrected chi connectivity index (χ0v) is 17.7. The van der Waals surface area contributed by atoms with Crippen LogP contribution in [0.3, 0.4) is 0 Å². The van der Waals surface area contributed by atoms with Crippen LogP contribution in [0, 0.1) is 0 Å². The summed E-state index contributed by atoms with van der Waals surface area (Å²) in [7, 11) is 1.63. The van der Waals surface area contributed by atoms with Crippen LogP contribution in [0.2, 0.25) is 0 Å². The quantitative estimate of drug-likeness (QED) is 0.679. The van der Waals surface area contributed by atoms with E-state index in [0.29, 0.717) is 18.1 Å². The van der Waals surface area contributed by atoms with Crippen LogP contribution in [0.4, 0.5) is 5.69 Å². The fraction of sp³-hybridized carbons (Fsp3) is 0.458. The number of hydrogen-bond acceptors (Lipinski definition) is 4. The summed E-state index contributed by atoms with van der Waals surface area (Å²) in [6.45, 7) is 7.70. The second-order valence-electron chi connectivity index (χ2n) is 7.37. The number of fused-ring (bicyclic) bond motifs is 1. The number of nitrogens with zero attached hydrogens (tertiary/aromatic N) is 1. The number of anilines is 1. The number of hydrogen-bond donors (Lipinski definition) is 1. The van der Waals surface area contributed by atoms with E-state index in [0.717, 1.165) is 50.1 Å². The third-order valence-corrected chi connectivity index (χ3v) is 5.68. The Balaban J connectivity index is 1.69. The summed E-state index contributed by atoms with van der Waals surface area (Å²) in [6, 6.07) is 13.8. The molecule has 3 rings (SSSR count). The van der Waals surface area contributed by atoms with E-state index < -0.39 is 0 Å². The number of likely N-dealkylation sites (N-methyl/N-ethyl adjacent to an activating group) is 1. The number of nitrogens with one attached hydrogen (secondary N) is 1. The zero-order valence-electron chi connectivity index (χ0n) is 17.7. The summed E-state index contributed by atoms with van der Waals surface area (Å²) in [4.78, 5) is 15.3. The van der Waals surface area contributed by atoms with Gasteiger partial charge in [-0.15, -0.1) is 0 Å². The Morgan fingerprint density at radius 2 is 1.93 bits per heavy atom. The molecule has 29 heavy (non-hydrogen) atoms. The van der Waals surface area contributed by atoms with Gasteiger partial charge in [0.05, 0.1) is 13.0 Å². The minimum atomic E-state index is -0.103. The lowest BCUT2D eigenvalue weighted by molar-refractivity contribution is -0.117. The topological polar surface area (TPSA) is 50.8 Å². The van der Waals surface area contributed by atoms with E-state index in [1.165, 1.54) is 5.56 Å². The first-order valence-corrected chi connectivity index (χ1v) is 10.6. The summed E-state index contributed by atoms with van der Waals surface area (Å²) >= 11 is 0. The van der Waals surface area contributed by atoms with Crippen molar-refractivity contribution < 1.29 is 14.3 Å². The Morgan fingerprint density at radius 3 is 2.69 bits per heavy atom. The molecule has 0 spiro atoms. The molecule has 1 aliphatic rings. The highest BCUT2D eigenvalue weighted by Crippen LogP contribution is 2.34. The van der Waals surface area contributed by atoms with Crippen LogP contribution >= 0.6 is 0 Å². The molecule has 156 valence electrons. The first-order chi connectivity index (χ1) is 14.2. The number of carbonyl (C=O) groups is 1. The van der Waals surface area contributed by atoms with E-state index in [1.807, 2.05) is 30.3 Å². The lowest BCUT2D eigenvalue weighted by atomic mass is 9.82. The van der Waals surface area contributed by atoms with Crippen molar-refractivity contribution >= 4 is 11.6 Å². The summed E-state index contributed by atoms with van der Waals surface area (Å²) < 4.78 is 11.4. The molecule has 0 saturated carbocycles. The lowest BCUT2D eigenvalue weighted by Gasteiger charge is -2.25. The van der Waals surface area contributed by atoms with Gasteiger partial charge in [-0.2, -0.15) is 0 Å². The molecule has 1 N–H and O–H groups in total. The average Bonchev–Trinajstić information content (AvgIpc) is 2.76. The highest BCUT2D eigenvalue weighted by Gasteiger charge is 2.26. The summed E-state index contributed by atoms with van der Waals surface area (Å²) in [5, 5.41) is 3.08. The molecular weight excluding hydrogens is 364 g/mol. The van der Waals surface area contributed by atoms with Gasteiger partial charge in [-0.05, 0) is 55.6 Å². The molecule has 2 aromatic carbocycles. The standard InChI is InChI=1S/C24H32N2O3/c1-4-26(5-2)15-16-29-23-17-19(13-14-22(23)28-3)25-24(27)21-12-8-10-18-9-6-7-11-20(18)21/h6-7,9,11,13-14,17,21H,4-5,8,10,12,15-16H2,1-3H3,(H,25,27). The van der Waals surface area contributed by atoms with Gasteiger partial charge in [-0.1, -0.05) is 38.1 Å². The fourth-order valence-electron chi connectivity index (χ4n) is 3.95. The van der Waals surface area contributed by atoms with Crippen LogP contribution in [0.15, 0.2) is 42.5 Å². The minimum absolute atomic E-state index is 0.0383. The van der Waals surface area contributed by atoms with Gasteiger partial charge in [-0.3, -0.25) is 4.79 Å². The largest absolute Gasteiger partial charge is 0.493 e. The van der Waals surface area contributed by atoms with Crippen LogP contribution in [0.25, 0.3) is 0 Å². The van der Waals surface area contributed by atoms with Crippen LogP contribution < -0.4 is 14.8 Å². The van der Waals surface area contributed by atoms with Crippen molar-refractivity contribution in [1.82, 2.24) is 4.90 Å². The van der Waals surface area contributed by atoms with Crippen molar-refractivity contribution in [3.63, 3.8) is 0 Å². The van der Waals surface area contributed by atoms with Gasteiger partial charge < -0.3 is 19.7 Å².